The number of nitrogens with zero attached hydrogens (tertiary/aromatic N) is 1. The third kappa shape index (κ3) is 3.30. The van der Waals surface area contributed by atoms with Gasteiger partial charge < -0.3 is 10.4 Å². The molecule has 1 aliphatic rings. The summed E-state index contributed by atoms with van der Waals surface area (Å²) in [7, 11) is 0. The number of hydrogen-bond acceptors (Lipinski definition) is 3. The van der Waals surface area contributed by atoms with Crippen LogP contribution in [-0.2, 0) is 21.6 Å². The molecule has 0 saturated carbocycles. The van der Waals surface area contributed by atoms with E-state index < -0.39 is 11.5 Å². The van der Waals surface area contributed by atoms with E-state index in [0.717, 1.165) is 6.42 Å². The van der Waals surface area contributed by atoms with Crippen molar-refractivity contribution >= 4 is 23.2 Å². The van der Waals surface area contributed by atoms with Gasteiger partial charge in [-0.05, 0) is 35.7 Å². The Bertz CT molecular complexity index is 1050. The van der Waals surface area contributed by atoms with Crippen LogP contribution >= 0.6 is 0 Å². The van der Waals surface area contributed by atoms with Gasteiger partial charge in [0.1, 0.15) is 6.54 Å². The lowest BCUT2D eigenvalue weighted by atomic mass is 9.88. The molecule has 1 aliphatic heterocycles. The summed E-state index contributed by atoms with van der Waals surface area (Å²) in [5.74, 6) is -0.851. The number of aryl methyl sites for hydroxylation is 1. The quantitative estimate of drug-likeness (QED) is 0.705. The molecule has 29 heavy (non-hydrogen) atoms. The zero-order valence-corrected chi connectivity index (χ0v) is 16.1. The lowest BCUT2D eigenvalue weighted by Gasteiger charge is -2.23. The molecule has 2 amide bonds. The number of rotatable bonds is 5. The maximum absolute atomic E-state index is 13.3. The summed E-state index contributed by atoms with van der Waals surface area (Å²) < 4.78 is 0. The number of fused-ring (bicyclic) bond motifs is 1. The van der Waals surface area contributed by atoms with Crippen molar-refractivity contribution < 1.29 is 14.7 Å². The Morgan fingerprint density at radius 1 is 0.966 bits per heavy atom. The lowest BCUT2D eigenvalue weighted by Crippen LogP contribution is -2.44. The molecule has 146 valence electrons. The molecule has 5 nitrogen and oxygen atoms in total. The molecule has 3 aromatic carbocycles. The summed E-state index contributed by atoms with van der Waals surface area (Å²) in [5.41, 5.74) is 1.55. The van der Waals surface area contributed by atoms with Crippen LogP contribution < -0.4 is 10.2 Å². The van der Waals surface area contributed by atoms with E-state index in [0.29, 0.717) is 22.5 Å². The standard InChI is InChI=1S/C24H22N2O3/c1-2-17-12-14-19(15-13-17)25-22(27)16-26-21-11-7-6-10-20(21)24(29,23(26)28)18-8-4-3-5-9-18/h3-15,29H,2,16H2,1H3,(H,25,27). The fraction of sp³-hybridized carbons (Fsp3) is 0.167. The Hall–Kier alpha value is -3.44. The van der Waals surface area contributed by atoms with Crippen LogP contribution in [0.25, 0.3) is 0 Å². The van der Waals surface area contributed by atoms with E-state index in [9.17, 15) is 14.7 Å². The van der Waals surface area contributed by atoms with Crippen LogP contribution in [0.5, 0.6) is 0 Å². The molecule has 1 heterocycles. The summed E-state index contributed by atoms with van der Waals surface area (Å²) in [6.07, 6.45) is 0.922. The number of carbonyl (C=O) groups is 2. The summed E-state index contributed by atoms with van der Waals surface area (Å²) in [6.45, 7) is 1.89. The summed E-state index contributed by atoms with van der Waals surface area (Å²) in [5, 5.41) is 14.2. The predicted molar refractivity (Wildman–Crippen MR) is 113 cm³/mol. The summed E-state index contributed by atoms with van der Waals surface area (Å²) in [4.78, 5) is 27.2. The number of anilines is 2. The maximum atomic E-state index is 13.3. The van der Waals surface area contributed by atoms with Crippen LogP contribution in [-0.4, -0.2) is 23.5 Å². The highest BCUT2D eigenvalue weighted by molar-refractivity contribution is 6.12. The summed E-state index contributed by atoms with van der Waals surface area (Å²) in [6, 6.07) is 23.5. The third-order valence-corrected chi connectivity index (χ3v) is 5.28. The molecule has 0 aromatic heterocycles. The van der Waals surface area contributed by atoms with Gasteiger partial charge in [-0.2, -0.15) is 0 Å². The van der Waals surface area contributed by atoms with E-state index in [1.54, 1.807) is 48.5 Å². The van der Waals surface area contributed by atoms with E-state index in [2.05, 4.69) is 12.2 Å². The molecule has 1 atom stereocenters. The van der Waals surface area contributed by atoms with Crippen LogP contribution in [0.2, 0.25) is 0 Å². The molecule has 0 spiro atoms. The Morgan fingerprint density at radius 3 is 2.31 bits per heavy atom. The van der Waals surface area contributed by atoms with Crippen molar-refractivity contribution in [1.82, 2.24) is 0 Å². The van der Waals surface area contributed by atoms with Gasteiger partial charge >= 0.3 is 0 Å². The highest BCUT2D eigenvalue weighted by Gasteiger charge is 2.51. The van der Waals surface area contributed by atoms with E-state index >= 15 is 0 Å². The van der Waals surface area contributed by atoms with Crippen molar-refractivity contribution in [2.45, 2.75) is 18.9 Å². The molecule has 2 N–H and O–H groups in total. The SMILES string of the molecule is CCc1ccc(NC(=O)CN2C(=O)C(O)(c3ccccc3)c3ccccc32)cc1. The van der Waals surface area contributed by atoms with Crippen molar-refractivity contribution in [3.8, 4) is 0 Å². The average molecular weight is 386 g/mol. The smallest absolute Gasteiger partial charge is 0.268 e. The molecule has 4 rings (SSSR count). The fourth-order valence-electron chi connectivity index (χ4n) is 3.72. The van der Waals surface area contributed by atoms with Crippen molar-refractivity contribution in [1.29, 1.82) is 0 Å². The van der Waals surface area contributed by atoms with E-state index in [1.807, 2.05) is 30.3 Å². The first kappa shape index (κ1) is 18.9. The molecule has 3 aromatic rings. The number of amides is 2. The minimum absolute atomic E-state index is 0.180. The number of aliphatic hydroxyl groups is 1. The van der Waals surface area contributed by atoms with E-state index in [-0.39, 0.29) is 12.5 Å². The molecule has 0 saturated heterocycles. The number of carbonyl (C=O) groups excluding carboxylic acids is 2. The normalized spacial score (nSPS) is 17.9. The number of hydrogen-bond donors (Lipinski definition) is 2. The van der Waals surface area contributed by atoms with Crippen molar-refractivity contribution in [2.24, 2.45) is 0 Å². The second kappa shape index (κ2) is 7.53. The minimum atomic E-state index is -1.80. The van der Waals surface area contributed by atoms with Gasteiger partial charge in [0, 0.05) is 11.3 Å². The Balaban J connectivity index is 1.61. The fourth-order valence-corrected chi connectivity index (χ4v) is 3.72. The average Bonchev–Trinajstić information content (AvgIpc) is 2.98. The monoisotopic (exact) mass is 386 g/mol. The van der Waals surface area contributed by atoms with Gasteiger partial charge in [-0.25, -0.2) is 0 Å². The van der Waals surface area contributed by atoms with E-state index in [4.69, 9.17) is 0 Å². The molecule has 0 bridgehead atoms. The highest BCUT2D eigenvalue weighted by Crippen LogP contribution is 2.44. The largest absolute Gasteiger partial charge is 0.372 e. The van der Waals surface area contributed by atoms with Crippen molar-refractivity contribution in [3.63, 3.8) is 0 Å². The zero-order valence-electron chi connectivity index (χ0n) is 16.1. The molecule has 0 aliphatic carbocycles. The highest BCUT2D eigenvalue weighted by atomic mass is 16.3. The molecule has 0 fully saturated rings. The van der Waals surface area contributed by atoms with Gasteiger partial charge in [0.15, 0.2) is 5.60 Å². The van der Waals surface area contributed by atoms with Crippen LogP contribution in [0.1, 0.15) is 23.6 Å². The number of benzene rings is 3. The Morgan fingerprint density at radius 2 is 1.62 bits per heavy atom. The molecule has 1 unspecified atom stereocenters. The first-order valence-corrected chi connectivity index (χ1v) is 9.62. The van der Waals surface area contributed by atoms with Crippen molar-refractivity contribution in [3.05, 3.63) is 95.6 Å². The predicted octanol–water partition coefficient (Wildman–Crippen LogP) is 3.47. The molecular weight excluding hydrogens is 364 g/mol. The summed E-state index contributed by atoms with van der Waals surface area (Å²) >= 11 is 0. The maximum Gasteiger partial charge on any atom is 0.268 e. The van der Waals surface area contributed by atoms with Gasteiger partial charge in [0.05, 0.1) is 5.69 Å². The third-order valence-electron chi connectivity index (χ3n) is 5.28. The van der Waals surface area contributed by atoms with Crippen LogP contribution in [0.4, 0.5) is 11.4 Å². The van der Waals surface area contributed by atoms with Gasteiger partial charge in [0.25, 0.3) is 5.91 Å². The number of para-hydroxylation sites is 1. The molecular formula is C24H22N2O3. The van der Waals surface area contributed by atoms with Crippen LogP contribution in [0.15, 0.2) is 78.9 Å². The Labute approximate surface area is 169 Å². The van der Waals surface area contributed by atoms with Gasteiger partial charge in [-0.15, -0.1) is 0 Å². The first-order valence-electron chi connectivity index (χ1n) is 9.62. The lowest BCUT2D eigenvalue weighted by molar-refractivity contribution is -0.133. The first-order chi connectivity index (χ1) is 14.0. The molecule has 5 heteroatoms. The Kier molecular flexibility index (Phi) is 4.91. The molecule has 0 radical (unpaired) electrons. The topological polar surface area (TPSA) is 69.6 Å². The van der Waals surface area contributed by atoms with Crippen LogP contribution in [0.3, 0.4) is 0 Å². The van der Waals surface area contributed by atoms with E-state index in [1.165, 1.54) is 10.5 Å². The second-order valence-corrected chi connectivity index (χ2v) is 7.08. The van der Waals surface area contributed by atoms with Gasteiger partial charge in [-0.1, -0.05) is 67.6 Å². The van der Waals surface area contributed by atoms with Gasteiger partial charge in [0.2, 0.25) is 5.91 Å². The van der Waals surface area contributed by atoms with Crippen molar-refractivity contribution in [2.75, 3.05) is 16.8 Å². The second-order valence-electron chi connectivity index (χ2n) is 7.08. The zero-order chi connectivity index (χ0) is 20.4. The number of nitrogens with one attached hydrogen (secondary N) is 1. The van der Waals surface area contributed by atoms with Gasteiger partial charge in [-0.3, -0.25) is 14.5 Å². The van der Waals surface area contributed by atoms with Crippen LogP contribution in [0, 0.1) is 0 Å². The minimum Gasteiger partial charge on any atom is -0.372 e.